The lowest BCUT2D eigenvalue weighted by molar-refractivity contribution is -0.123. The van der Waals surface area contributed by atoms with E-state index in [2.05, 4.69) is 34.9 Å². The van der Waals surface area contributed by atoms with Crippen molar-refractivity contribution in [3.8, 4) is 0 Å². The maximum Gasteiger partial charge on any atom is 0.262 e. The zero-order valence-electron chi connectivity index (χ0n) is 16.9. The van der Waals surface area contributed by atoms with Gasteiger partial charge in [-0.1, -0.05) is 57.2 Å². The van der Waals surface area contributed by atoms with Crippen LogP contribution in [0.25, 0.3) is 10.8 Å². The second-order valence-electron chi connectivity index (χ2n) is 8.13. The Morgan fingerprint density at radius 3 is 2.36 bits per heavy atom. The van der Waals surface area contributed by atoms with Crippen molar-refractivity contribution in [1.29, 1.82) is 0 Å². The predicted octanol–water partition coefficient (Wildman–Crippen LogP) is 5.69. The van der Waals surface area contributed by atoms with Crippen LogP contribution in [0.2, 0.25) is 0 Å². The second-order valence-corrected chi connectivity index (χ2v) is 9.18. The number of amides is 2. The molecule has 0 saturated heterocycles. The number of carbonyl (C=O) groups excluding carboxylic acids is 2. The molecule has 0 aliphatic carbocycles. The van der Waals surface area contributed by atoms with E-state index in [-0.39, 0.29) is 17.9 Å². The number of carbonyl (C=O) groups is 2. The van der Waals surface area contributed by atoms with Crippen molar-refractivity contribution in [2.45, 2.75) is 40.7 Å². The van der Waals surface area contributed by atoms with Crippen molar-refractivity contribution >= 4 is 38.9 Å². The lowest BCUT2D eigenvalue weighted by atomic mass is 9.96. The zero-order chi connectivity index (χ0) is 20.5. The molecule has 2 N–H and O–H groups in total. The fourth-order valence-corrected chi connectivity index (χ4v) is 3.86. The number of fused-ring (bicyclic) bond motifs is 1. The Bertz CT molecular complexity index is 1030. The number of rotatable bonds is 4. The van der Waals surface area contributed by atoms with Crippen molar-refractivity contribution in [2.24, 2.45) is 5.41 Å². The Kier molecular flexibility index (Phi) is 5.57. The van der Waals surface area contributed by atoms with Crippen LogP contribution >= 0.6 is 11.3 Å². The van der Waals surface area contributed by atoms with Gasteiger partial charge in [-0.2, -0.15) is 0 Å². The van der Waals surface area contributed by atoms with Crippen LogP contribution in [0.4, 0.5) is 5.00 Å². The summed E-state index contributed by atoms with van der Waals surface area (Å²) in [5.74, 6) is -0.190. The van der Waals surface area contributed by atoms with E-state index >= 15 is 0 Å². The molecule has 1 heterocycles. The largest absolute Gasteiger partial charge is 0.345 e. The molecule has 0 aliphatic rings. The lowest BCUT2D eigenvalue weighted by Gasteiger charge is -2.16. The van der Waals surface area contributed by atoms with Gasteiger partial charge in [0.2, 0.25) is 5.91 Å². The van der Waals surface area contributed by atoms with E-state index in [0.717, 1.165) is 16.5 Å². The summed E-state index contributed by atoms with van der Waals surface area (Å²) < 4.78 is 0. The average molecular weight is 395 g/mol. The Labute approximate surface area is 170 Å². The predicted molar refractivity (Wildman–Crippen MR) is 117 cm³/mol. The van der Waals surface area contributed by atoms with Crippen molar-refractivity contribution in [3.63, 3.8) is 0 Å². The minimum atomic E-state index is -0.481. The summed E-state index contributed by atoms with van der Waals surface area (Å²) in [4.78, 5) is 25.6. The second kappa shape index (κ2) is 7.76. The highest BCUT2D eigenvalue weighted by atomic mass is 32.1. The van der Waals surface area contributed by atoms with Gasteiger partial charge in [0.05, 0.1) is 15.9 Å². The molecule has 2 aromatic carbocycles. The monoisotopic (exact) mass is 394 g/mol. The zero-order valence-corrected chi connectivity index (χ0v) is 17.7. The van der Waals surface area contributed by atoms with Gasteiger partial charge in [-0.3, -0.25) is 9.59 Å². The van der Waals surface area contributed by atoms with Crippen molar-refractivity contribution in [2.75, 3.05) is 5.32 Å². The first-order valence-corrected chi connectivity index (χ1v) is 10.2. The fourth-order valence-electron chi connectivity index (χ4n) is 2.89. The SMILES string of the molecule is Cc1cc(NC(=O)C(C)(C)C)sc1C(=O)NC(C)c1ccc2ccccc2c1. The first-order valence-electron chi connectivity index (χ1n) is 9.36. The molecule has 0 bridgehead atoms. The van der Waals surface area contributed by atoms with E-state index in [1.807, 2.05) is 58.9 Å². The summed E-state index contributed by atoms with van der Waals surface area (Å²) in [6, 6.07) is 16.1. The molecule has 1 atom stereocenters. The van der Waals surface area contributed by atoms with Crippen LogP contribution in [0.5, 0.6) is 0 Å². The lowest BCUT2D eigenvalue weighted by Crippen LogP contribution is -2.27. The Morgan fingerprint density at radius 2 is 1.68 bits per heavy atom. The molecule has 28 heavy (non-hydrogen) atoms. The third-order valence-electron chi connectivity index (χ3n) is 4.66. The molecular formula is C23H26N2O2S. The summed E-state index contributed by atoms with van der Waals surface area (Å²) in [6.07, 6.45) is 0. The standard InChI is InChI=1S/C23H26N2O2S/c1-14-12-19(25-22(27)23(3,4)5)28-20(14)21(26)24-15(2)17-11-10-16-8-6-7-9-18(16)13-17/h6-13,15H,1-5H3,(H,24,26)(H,25,27). The number of hydrogen-bond acceptors (Lipinski definition) is 3. The third-order valence-corrected chi connectivity index (χ3v) is 5.81. The highest BCUT2D eigenvalue weighted by Crippen LogP contribution is 2.29. The molecule has 3 rings (SSSR count). The molecule has 0 radical (unpaired) electrons. The quantitative estimate of drug-likeness (QED) is 0.597. The van der Waals surface area contributed by atoms with Gasteiger partial charge in [-0.15, -0.1) is 11.3 Å². The van der Waals surface area contributed by atoms with Crippen molar-refractivity contribution in [3.05, 3.63) is 64.5 Å². The molecule has 1 unspecified atom stereocenters. The summed E-state index contributed by atoms with van der Waals surface area (Å²) >= 11 is 1.31. The van der Waals surface area contributed by atoms with Gasteiger partial charge in [-0.25, -0.2) is 0 Å². The summed E-state index contributed by atoms with van der Waals surface area (Å²) in [5.41, 5.74) is 1.44. The molecular weight excluding hydrogens is 368 g/mol. The van der Waals surface area contributed by atoms with Gasteiger partial charge < -0.3 is 10.6 Å². The highest BCUT2D eigenvalue weighted by molar-refractivity contribution is 7.18. The van der Waals surface area contributed by atoms with Gasteiger partial charge in [0, 0.05) is 5.41 Å². The van der Waals surface area contributed by atoms with E-state index in [0.29, 0.717) is 9.88 Å². The van der Waals surface area contributed by atoms with Gasteiger partial charge in [0.1, 0.15) is 0 Å². The third kappa shape index (κ3) is 4.42. The number of thiophene rings is 1. The molecule has 0 spiro atoms. The van der Waals surface area contributed by atoms with E-state index in [1.165, 1.54) is 16.7 Å². The Morgan fingerprint density at radius 1 is 1.00 bits per heavy atom. The molecule has 5 heteroatoms. The number of anilines is 1. The highest BCUT2D eigenvalue weighted by Gasteiger charge is 2.23. The van der Waals surface area contributed by atoms with Gasteiger partial charge in [0.15, 0.2) is 0 Å². The number of nitrogens with one attached hydrogen (secondary N) is 2. The topological polar surface area (TPSA) is 58.2 Å². The van der Waals surface area contributed by atoms with E-state index in [4.69, 9.17) is 0 Å². The summed E-state index contributed by atoms with van der Waals surface area (Å²) in [7, 11) is 0. The van der Waals surface area contributed by atoms with Crippen LogP contribution in [-0.2, 0) is 4.79 Å². The molecule has 3 aromatic rings. The van der Waals surface area contributed by atoms with Crippen LogP contribution < -0.4 is 10.6 Å². The van der Waals surface area contributed by atoms with Gasteiger partial charge in [0.25, 0.3) is 5.91 Å². The molecule has 0 saturated carbocycles. The average Bonchev–Trinajstić information content (AvgIpc) is 3.00. The maximum atomic E-state index is 12.8. The molecule has 1 aromatic heterocycles. The minimum absolute atomic E-state index is 0.0646. The van der Waals surface area contributed by atoms with E-state index in [1.54, 1.807) is 0 Å². The summed E-state index contributed by atoms with van der Waals surface area (Å²) in [6.45, 7) is 9.46. The van der Waals surface area contributed by atoms with Crippen LogP contribution in [0.15, 0.2) is 48.5 Å². The first kappa shape index (κ1) is 20.1. The van der Waals surface area contributed by atoms with Crippen LogP contribution in [-0.4, -0.2) is 11.8 Å². The minimum Gasteiger partial charge on any atom is -0.345 e. The number of benzene rings is 2. The van der Waals surface area contributed by atoms with Crippen molar-refractivity contribution < 1.29 is 9.59 Å². The fraction of sp³-hybridized carbons (Fsp3) is 0.304. The van der Waals surface area contributed by atoms with Gasteiger partial charge >= 0.3 is 0 Å². The molecule has 0 fully saturated rings. The van der Waals surface area contributed by atoms with Gasteiger partial charge in [-0.05, 0) is 47.9 Å². The van der Waals surface area contributed by atoms with Crippen LogP contribution in [0, 0.1) is 12.3 Å². The molecule has 4 nitrogen and oxygen atoms in total. The maximum absolute atomic E-state index is 12.8. The Hall–Kier alpha value is -2.66. The van der Waals surface area contributed by atoms with Crippen LogP contribution in [0.3, 0.4) is 0 Å². The number of aryl methyl sites for hydroxylation is 1. The van der Waals surface area contributed by atoms with E-state index < -0.39 is 5.41 Å². The number of hydrogen-bond donors (Lipinski definition) is 2. The normalized spacial score (nSPS) is 12.6. The Balaban J connectivity index is 1.74. The molecule has 146 valence electrons. The van der Waals surface area contributed by atoms with E-state index in [9.17, 15) is 9.59 Å². The first-order chi connectivity index (χ1) is 13.1. The van der Waals surface area contributed by atoms with Crippen LogP contribution in [0.1, 0.15) is 54.5 Å². The van der Waals surface area contributed by atoms with Crippen molar-refractivity contribution in [1.82, 2.24) is 5.32 Å². The molecule has 2 amide bonds. The molecule has 0 aliphatic heterocycles. The summed E-state index contributed by atoms with van der Waals surface area (Å²) in [5, 5.41) is 9.00. The smallest absolute Gasteiger partial charge is 0.262 e.